The number of nitrogens with one attached hydrogen (secondary N) is 1. The van der Waals surface area contributed by atoms with Gasteiger partial charge in [0.2, 0.25) is 5.82 Å². The molecule has 0 aliphatic carbocycles. The number of esters is 1. The third-order valence-corrected chi connectivity index (χ3v) is 1.25. The van der Waals surface area contributed by atoms with Crippen LogP contribution in [0.15, 0.2) is 6.20 Å². The summed E-state index contributed by atoms with van der Waals surface area (Å²) in [5, 5.41) is 0. The van der Waals surface area contributed by atoms with Gasteiger partial charge in [0, 0.05) is 0 Å². The van der Waals surface area contributed by atoms with Crippen molar-refractivity contribution in [1.82, 2.24) is 9.97 Å². The summed E-state index contributed by atoms with van der Waals surface area (Å²) < 4.78 is 40.0. The van der Waals surface area contributed by atoms with Crippen LogP contribution in [0.5, 0.6) is 0 Å². The zero-order chi connectivity index (χ0) is 10.1. The van der Waals surface area contributed by atoms with E-state index in [0.717, 1.165) is 13.3 Å². The van der Waals surface area contributed by atoms with E-state index >= 15 is 0 Å². The molecular formula is C6H6ClF3N2O2. The third kappa shape index (κ3) is 2.63. The second-order valence-corrected chi connectivity index (χ2v) is 2.13. The van der Waals surface area contributed by atoms with Crippen LogP contribution in [0.4, 0.5) is 13.2 Å². The van der Waals surface area contributed by atoms with Gasteiger partial charge in [-0.15, -0.1) is 12.4 Å². The first kappa shape index (κ1) is 12.8. The van der Waals surface area contributed by atoms with Gasteiger partial charge in [-0.1, -0.05) is 0 Å². The summed E-state index contributed by atoms with van der Waals surface area (Å²) in [4.78, 5) is 15.5. The molecule has 0 amide bonds. The zero-order valence-electron chi connectivity index (χ0n) is 6.88. The summed E-state index contributed by atoms with van der Waals surface area (Å²) in [6.45, 7) is 0. The molecule has 0 bridgehead atoms. The van der Waals surface area contributed by atoms with Gasteiger partial charge in [0.1, 0.15) is 5.69 Å². The molecule has 1 aromatic heterocycles. The number of carbonyl (C=O) groups is 1. The maximum atomic E-state index is 11.9. The molecule has 1 aromatic rings. The molecule has 0 aliphatic heterocycles. The molecule has 0 radical (unpaired) electrons. The normalized spacial score (nSPS) is 10.6. The lowest BCUT2D eigenvalue weighted by Gasteiger charge is -1.99. The average molecular weight is 231 g/mol. The number of imidazole rings is 1. The zero-order valence-corrected chi connectivity index (χ0v) is 7.70. The van der Waals surface area contributed by atoms with E-state index in [9.17, 15) is 18.0 Å². The van der Waals surface area contributed by atoms with E-state index < -0.39 is 18.0 Å². The van der Waals surface area contributed by atoms with E-state index in [1.165, 1.54) is 0 Å². The molecule has 80 valence electrons. The van der Waals surface area contributed by atoms with Crippen molar-refractivity contribution in [2.24, 2.45) is 0 Å². The Kier molecular flexibility index (Phi) is 3.93. The van der Waals surface area contributed by atoms with Gasteiger partial charge in [0.25, 0.3) is 0 Å². The number of rotatable bonds is 1. The molecule has 8 heteroatoms. The molecule has 1 rings (SSSR count). The second-order valence-electron chi connectivity index (χ2n) is 2.13. The van der Waals surface area contributed by atoms with Crippen molar-refractivity contribution in [1.29, 1.82) is 0 Å². The Balaban J connectivity index is 0.00000169. The van der Waals surface area contributed by atoms with Gasteiger partial charge < -0.3 is 9.72 Å². The number of methoxy groups -OCH3 is 1. The summed E-state index contributed by atoms with van der Waals surface area (Å²) >= 11 is 0. The van der Waals surface area contributed by atoms with Gasteiger partial charge >= 0.3 is 12.1 Å². The fraction of sp³-hybridized carbons (Fsp3) is 0.333. The molecule has 0 aromatic carbocycles. The molecule has 0 saturated carbocycles. The third-order valence-electron chi connectivity index (χ3n) is 1.25. The van der Waals surface area contributed by atoms with Crippen LogP contribution in [-0.2, 0) is 10.9 Å². The van der Waals surface area contributed by atoms with E-state index in [4.69, 9.17) is 0 Å². The molecule has 4 nitrogen and oxygen atoms in total. The van der Waals surface area contributed by atoms with Gasteiger partial charge in [-0.3, -0.25) is 0 Å². The maximum Gasteiger partial charge on any atom is 0.449 e. The van der Waals surface area contributed by atoms with Crippen molar-refractivity contribution in [3.05, 3.63) is 17.7 Å². The van der Waals surface area contributed by atoms with Crippen molar-refractivity contribution >= 4 is 18.4 Å². The number of aromatic nitrogens is 2. The SMILES string of the molecule is COC(=O)c1cnc(C(F)(F)F)[nH]1.Cl. The molecule has 0 fully saturated rings. The average Bonchev–Trinajstić information content (AvgIpc) is 2.50. The van der Waals surface area contributed by atoms with Crippen LogP contribution >= 0.6 is 12.4 Å². The predicted octanol–water partition coefficient (Wildman–Crippen LogP) is 1.64. The van der Waals surface area contributed by atoms with E-state index in [-0.39, 0.29) is 18.1 Å². The number of carbonyl (C=O) groups excluding carboxylic acids is 1. The summed E-state index contributed by atoms with van der Waals surface area (Å²) in [5.74, 6) is -2.10. The Morgan fingerprint density at radius 2 is 2.14 bits per heavy atom. The van der Waals surface area contributed by atoms with Crippen LogP contribution in [0.3, 0.4) is 0 Å². The number of aromatic amines is 1. The minimum atomic E-state index is -4.58. The van der Waals surface area contributed by atoms with Crippen molar-refractivity contribution in [2.75, 3.05) is 7.11 Å². The van der Waals surface area contributed by atoms with Crippen molar-refractivity contribution in [2.45, 2.75) is 6.18 Å². The quantitative estimate of drug-likeness (QED) is 0.746. The largest absolute Gasteiger partial charge is 0.464 e. The molecular weight excluding hydrogens is 225 g/mol. The Morgan fingerprint density at radius 1 is 1.57 bits per heavy atom. The van der Waals surface area contributed by atoms with E-state index in [0.29, 0.717) is 0 Å². The van der Waals surface area contributed by atoms with Crippen molar-refractivity contribution in [3.8, 4) is 0 Å². The number of ether oxygens (including phenoxy) is 1. The highest BCUT2D eigenvalue weighted by Gasteiger charge is 2.35. The van der Waals surface area contributed by atoms with Gasteiger partial charge in [-0.25, -0.2) is 9.78 Å². The fourth-order valence-corrected chi connectivity index (χ4v) is 0.679. The standard InChI is InChI=1S/C6H5F3N2O2.ClH/c1-13-4(12)3-2-10-5(11-3)6(7,8)9;/h2H,1H3,(H,10,11);1H. The van der Waals surface area contributed by atoms with Crippen molar-refractivity contribution in [3.63, 3.8) is 0 Å². The lowest BCUT2D eigenvalue weighted by Crippen LogP contribution is -2.08. The summed E-state index contributed by atoms with van der Waals surface area (Å²) in [6.07, 6.45) is -3.80. The smallest absolute Gasteiger partial charge is 0.449 e. The maximum absolute atomic E-state index is 11.9. The fourth-order valence-electron chi connectivity index (χ4n) is 0.679. The van der Waals surface area contributed by atoms with Gasteiger partial charge in [-0.05, 0) is 0 Å². The Hall–Kier alpha value is -1.24. The molecule has 0 atom stereocenters. The summed E-state index contributed by atoms with van der Waals surface area (Å²) in [7, 11) is 1.07. The van der Waals surface area contributed by atoms with Gasteiger partial charge in [0.05, 0.1) is 13.3 Å². The van der Waals surface area contributed by atoms with Gasteiger partial charge in [0.15, 0.2) is 0 Å². The number of halogens is 4. The van der Waals surface area contributed by atoms with Crippen LogP contribution in [0, 0.1) is 0 Å². The number of alkyl halides is 3. The molecule has 1 N–H and O–H groups in total. The lowest BCUT2D eigenvalue weighted by atomic mass is 10.5. The highest BCUT2D eigenvalue weighted by Crippen LogP contribution is 2.26. The number of hydrogen-bond donors (Lipinski definition) is 1. The van der Waals surface area contributed by atoms with Crippen LogP contribution in [0.1, 0.15) is 16.3 Å². The number of H-pyrrole nitrogens is 1. The highest BCUT2D eigenvalue weighted by atomic mass is 35.5. The molecule has 0 spiro atoms. The van der Waals surface area contributed by atoms with E-state index in [1.54, 1.807) is 4.98 Å². The number of nitrogens with zero attached hydrogens (tertiary/aromatic N) is 1. The Bertz CT molecular complexity index is 323. The monoisotopic (exact) mass is 230 g/mol. The first-order valence-corrected chi connectivity index (χ1v) is 3.15. The molecule has 0 unspecified atom stereocenters. The van der Waals surface area contributed by atoms with Crippen LogP contribution in [-0.4, -0.2) is 23.0 Å². The minimum absolute atomic E-state index is 0. The summed E-state index contributed by atoms with van der Waals surface area (Å²) in [6, 6.07) is 0. The molecule has 0 aliphatic rings. The van der Waals surface area contributed by atoms with Crippen LogP contribution in [0.25, 0.3) is 0 Å². The molecule has 1 heterocycles. The number of hydrogen-bond acceptors (Lipinski definition) is 3. The molecule has 0 saturated heterocycles. The van der Waals surface area contributed by atoms with E-state index in [2.05, 4.69) is 9.72 Å². The second kappa shape index (κ2) is 4.32. The minimum Gasteiger partial charge on any atom is -0.464 e. The van der Waals surface area contributed by atoms with E-state index in [1.807, 2.05) is 0 Å². The van der Waals surface area contributed by atoms with Crippen molar-refractivity contribution < 1.29 is 22.7 Å². The summed E-state index contributed by atoms with van der Waals surface area (Å²) in [5.41, 5.74) is -0.324. The Morgan fingerprint density at radius 3 is 2.50 bits per heavy atom. The van der Waals surface area contributed by atoms with Crippen LogP contribution in [0.2, 0.25) is 0 Å². The first-order chi connectivity index (χ1) is 5.95. The Labute approximate surface area is 82.9 Å². The van der Waals surface area contributed by atoms with Crippen LogP contribution < -0.4 is 0 Å². The lowest BCUT2D eigenvalue weighted by molar-refractivity contribution is -0.144. The first-order valence-electron chi connectivity index (χ1n) is 3.15. The molecule has 14 heavy (non-hydrogen) atoms. The highest BCUT2D eigenvalue weighted by molar-refractivity contribution is 5.86. The topological polar surface area (TPSA) is 55.0 Å². The predicted molar refractivity (Wildman–Crippen MR) is 42.2 cm³/mol. The van der Waals surface area contributed by atoms with Gasteiger partial charge in [-0.2, -0.15) is 13.2 Å².